The predicted octanol–water partition coefficient (Wildman–Crippen LogP) is 0.863. The number of rotatable bonds is 7. The molecule has 0 aliphatic rings. The predicted molar refractivity (Wildman–Crippen MR) is 75.3 cm³/mol. The monoisotopic (exact) mass is 288 g/mol. The molecule has 0 fully saturated rings. The molecule has 0 spiro atoms. The highest BCUT2D eigenvalue weighted by Gasteiger charge is 2.23. The molecule has 3 N–H and O–H groups in total. The Labute approximate surface area is 115 Å². The Balaban J connectivity index is 2.91. The van der Waals surface area contributed by atoms with Crippen LogP contribution in [0.4, 0.5) is 0 Å². The molecule has 1 rings (SSSR count). The van der Waals surface area contributed by atoms with Gasteiger partial charge in [-0.1, -0.05) is 13.8 Å². The summed E-state index contributed by atoms with van der Waals surface area (Å²) in [6.45, 7) is 8.77. The Morgan fingerprint density at radius 2 is 2.11 bits per heavy atom. The third kappa shape index (κ3) is 4.02. The van der Waals surface area contributed by atoms with E-state index < -0.39 is 10.0 Å². The van der Waals surface area contributed by atoms with Crippen molar-refractivity contribution in [1.82, 2.24) is 14.3 Å². The maximum Gasteiger partial charge on any atom is 0.259 e. The van der Waals surface area contributed by atoms with E-state index in [1.165, 1.54) is 0 Å². The zero-order chi connectivity index (χ0) is 14.6. The molecule has 1 aromatic heterocycles. The van der Waals surface area contributed by atoms with Crippen LogP contribution in [-0.4, -0.2) is 30.6 Å². The van der Waals surface area contributed by atoms with Gasteiger partial charge in [-0.25, -0.2) is 18.1 Å². The van der Waals surface area contributed by atoms with Crippen molar-refractivity contribution in [1.29, 1.82) is 0 Å². The zero-order valence-electron chi connectivity index (χ0n) is 12.0. The first-order chi connectivity index (χ1) is 8.81. The average molecular weight is 288 g/mol. The van der Waals surface area contributed by atoms with Gasteiger partial charge in [0, 0.05) is 18.8 Å². The maximum atomic E-state index is 12.2. The summed E-state index contributed by atoms with van der Waals surface area (Å²) in [5.41, 5.74) is 5.54. The molecule has 0 radical (unpaired) electrons. The highest BCUT2D eigenvalue weighted by atomic mass is 32.2. The van der Waals surface area contributed by atoms with Crippen molar-refractivity contribution in [3.63, 3.8) is 0 Å². The van der Waals surface area contributed by atoms with Gasteiger partial charge in [0.25, 0.3) is 10.0 Å². The topological polar surface area (TPSA) is 90.0 Å². The van der Waals surface area contributed by atoms with E-state index in [-0.39, 0.29) is 17.0 Å². The summed E-state index contributed by atoms with van der Waals surface area (Å²) in [5.74, 6) is 0.787. The molecule has 0 saturated carbocycles. The van der Waals surface area contributed by atoms with Crippen LogP contribution in [0.3, 0.4) is 0 Å². The van der Waals surface area contributed by atoms with Crippen LogP contribution >= 0.6 is 0 Å². The maximum absolute atomic E-state index is 12.2. The molecule has 0 saturated heterocycles. The Hall–Kier alpha value is -0.920. The largest absolute Gasteiger partial charge is 0.334 e. The first kappa shape index (κ1) is 16.1. The van der Waals surface area contributed by atoms with Crippen molar-refractivity contribution in [3.8, 4) is 0 Å². The minimum Gasteiger partial charge on any atom is -0.334 e. The molecule has 110 valence electrons. The molecule has 7 heteroatoms. The first-order valence-electron chi connectivity index (χ1n) is 6.58. The van der Waals surface area contributed by atoms with Gasteiger partial charge in [-0.3, -0.25) is 0 Å². The summed E-state index contributed by atoms with van der Waals surface area (Å²) < 4.78 is 28.9. The van der Waals surface area contributed by atoms with Gasteiger partial charge in [0.05, 0.1) is 0 Å². The van der Waals surface area contributed by atoms with Crippen LogP contribution < -0.4 is 10.5 Å². The van der Waals surface area contributed by atoms with Crippen molar-refractivity contribution in [2.45, 2.75) is 51.7 Å². The van der Waals surface area contributed by atoms with Crippen LogP contribution in [0.5, 0.6) is 0 Å². The third-order valence-corrected chi connectivity index (χ3v) is 4.69. The van der Waals surface area contributed by atoms with Crippen LogP contribution in [0.25, 0.3) is 0 Å². The fourth-order valence-corrected chi connectivity index (χ4v) is 3.06. The van der Waals surface area contributed by atoms with E-state index in [1.54, 1.807) is 13.1 Å². The average Bonchev–Trinajstić information content (AvgIpc) is 2.71. The normalized spacial score (nSPS) is 15.4. The van der Waals surface area contributed by atoms with Gasteiger partial charge < -0.3 is 10.3 Å². The van der Waals surface area contributed by atoms with Gasteiger partial charge >= 0.3 is 0 Å². The Morgan fingerprint density at radius 3 is 2.63 bits per heavy atom. The smallest absolute Gasteiger partial charge is 0.259 e. The highest BCUT2D eigenvalue weighted by Crippen LogP contribution is 2.12. The van der Waals surface area contributed by atoms with Crippen molar-refractivity contribution in [2.75, 3.05) is 6.54 Å². The second-order valence-electron chi connectivity index (χ2n) is 4.94. The molecule has 0 aromatic carbocycles. The summed E-state index contributed by atoms with van der Waals surface area (Å²) in [5, 5.41) is 0.0783. The van der Waals surface area contributed by atoms with E-state index in [0.29, 0.717) is 12.4 Å². The first-order valence-corrected chi connectivity index (χ1v) is 8.06. The van der Waals surface area contributed by atoms with E-state index in [0.717, 1.165) is 13.0 Å². The van der Waals surface area contributed by atoms with Gasteiger partial charge in [-0.2, -0.15) is 0 Å². The number of hydrogen-bond acceptors (Lipinski definition) is 4. The van der Waals surface area contributed by atoms with Crippen LogP contribution in [0.2, 0.25) is 0 Å². The number of nitrogens with one attached hydrogen (secondary N) is 1. The van der Waals surface area contributed by atoms with Gasteiger partial charge in [0.2, 0.25) is 0 Å². The van der Waals surface area contributed by atoms with Crippen LogP contribution in [0, 0.1) is 12.8 Å². The van der Waals surface area contributed by atoms with Gasteiger partial charge in [0.1, 0.15) is 5.82 Å². The minimum atomic E-state index is -3.57. The molecule has 6 nitrogen and oxygen atoms in total. The number of aryl methyl sites for hydroxylation is 2. The van der Waals surface area contributed by atoms with Crippen molar-refractivity contribution in [3.05, 3.63) is 12.0 Å². The Bertz CT molecular complexity index is 510. The zero-order valence-corrected chi connectivity index (χ0v) is 12.9. The molecule has 2 atom stereocenters. The number of aromatic nitrogens is 2. The highest BCUT2D eigenvalue weighted by molar-refractivity contribution is 7.89. The molecule has 2 unspecified atom stereocenters. The molecule has 0 bridgehead atoms. The van der Waals surface area contributed by atoms with E-state index in [2.05, 4.69) is 9.71 Å². The summed E-state index contributed by atoms with van der Waals surface area (Å²) >= 11 is 0. The third-order valence-electron chi connectivity index (χ3n) is 3.26. The lowest BCUT2D eigenvalue weighted by molar-refractivity contribution is 0.452. The molecule has 0 amide bonds. The van der Waals surface area contributed by atoms with E-state index >= 15 is 0 Å². The fourth-order valence-electron chi connectivity index (χ4n) is 1.70. The quantitative estimate of drug-likeness (QED) is 0.778. The number of sulfonamides is 1. The lowest BCUT2D eigenvalue weighted by Crippen LogP contribution is -2.39. The molecular weight excluding hydrogens is 264 g/mol. The summed E-state index contributed by atoms with van der Waals surface area (Å²) in [4.78, 5) is 4.12. The summed E-state index contributed by atoms with van der Waals surface area (Å²) in [6, 6.07) is -0.216. The van der Waals surface area contributed by atoms with Gasteiger partial charge in [-0.05, 0) is 32.7 Å². The number of nitrogens with two attached hydrogens (primary N) is 1. The standard InChI is InChI=1S/C12H24N4O2S/c1-5-6-16-8-12(14-11(16)4)19(17,18)15-10(3)9(2)7-13/h8-10,15H,5-7,13H2,1-4H3. The number of nitrogens with zero attached hydrogens (tertiary/aromatic N) is 2. The second-order valence-corrected chi connectivity index (χ2v) is 6.60. The SMILES string of the molecule is CCCn1cc(S(=O)(=O)NC(C)C(C)CN)nc1C. The van der Waals surface area contributed by atoms with Crippen molar-refractivity contribution < 1.29 is 8.42 Å². The molecule has 0 aliphatic heterocycles. The molecule has 1 aromatic rings. The van der Waals surface area contributed by atoms with Gasteiger partial charge in [0.15, 0.2) is 5.03 Å². The lowest BCUT2D eigenvalue weighted by atomic mass is 10.1. The van der Waals surface area contributed by atoms with Gasteiger partial charge in [-0.15, -0.1) is 0 Å². The second kappa shape index (κ2) is 6.49. The Kier molecular flexibility index (Phi) is 5.51. The lowest BCUT2D eigenvalue weighted by Gasteiger charge is -2.18. The number of imidazole rings is 1. The summed E-state index contributed by atoms with van der Waals surface area (Å²) in [6.07, 6.45) is 2.52. The molecule has 0 aliphatic carbocycles. The van der Waals surface area contributed by atoms with E-state index in [1.807, 2.05) is 25.3 Å². The molecular formula is C12H24N4O2S. The summed E-state index contributed by atoms with van der Waals surface area (Å²) in [7, 11) is -3.57. The number of hydrogen-bond donors (Lipinski definition) is 2. The van der Waals surface area contributed by atoms with Crippen molar-refractivity contribution >= 4 is 10.0 Å². The van der Waals surface area contributed by atoms with Crippen LogP contribution in [0.15, 0.2) is 11.2 Å². The van der Waals surface area contributed by atoms with Crippen LogP contribution in [-0.2, 0) is 16.6 Å². The van der Waals surface area contributed by atoms with E-state index in [9.17, 15) is 8.42 Å². The van der Waals surface area contributed by atoms with Crippen LogP contribution in [0.1, 0.15) is 33.0 Å². The minimum absolute atomic E-state index is 0.0774. The molecule has 19 heavy (non-hydrogen) atoms. The fraction of sp³-hybridized carbons (Fsp3) is 0.750. The molecule has 1 heterocycles. The van der Waals surface area contributed by atoms with Crippen molar-refractivity contribution in [2.24, 2.45) is 11.7 Å². The van der Waals surface area contributed by atoms with E-state index in [4.69, 9.17) is 5.73 Å². The Morgan fingerprint density at radius 1 is 1.47 bits per heavy atom.